The molecule has 2 aromatic carbocycles. The van der Waals surface area contributed by atoms with Crippen LogP contribution in [-0.4, -0.2) is 20.1 Å². The van der Waals surface area contributed by atoms with Gasteiger partial charge in [0.2, 0.25) is 5.55 Å². The number of anilines is 1. The lowest BCUT2D eigenvalue weighted by Gasteiger charge is -2.08. The zero-order valence-electron chi connectivity index (χ0n) is 13.3. The van der Waals surface area contributed by atoms with Gasteiger partial charge in [0, 0.05) is 11.1 Å². The molecule has 0 unspecified atom stereocenters. The minimum Gasteiger partial charge on any atom is -0.497 e. The van der Waals surface area contributed by atoms with Crippen molar-refractivity contribution in [2.45, 2.75) is 0 Å². The lowest BCUT2D eigenvalue weighted by atomic mass is 10.1. The van der Waals surface area contributed by atoms with Crippen LogP contribution in [0.3, 0.4) is 0 Å². The maximum Gasteiger partial charge on any atom is 0.261 e. The zero-order chi connectivity index (χ0) is 17.1. The Morgan fingerprint density at radius 1 is 1.08 bits per heavy atom. The summed E-state index contributed by atoms with van der Waals surface area (Å²) in [5, 5.41) is 11.4. The van der Waals surface area contributed by atoms with Gasteiger partial charge < -0.3 is 19.2 Å². The number of hydrogen-bond acceptors (Lipinski definition) is 5. The molecule has 2 N–H and O–H groups in total. The summed E-state index contributed by atoms with van der Waals surface area (Å²) in [4.78, 5) is 12.4. The van der Waals surface area contributed by atoms with E-state index in [0.29, 0.717) is 28.2 Å². The van der Waals surface area contributed by atoms with Crippen LogP contribution < -0.4 is 20.3 Å². The molecule has 6 nitrogen and oxygen atoms in total. The third-order valence-corrected chi connectivity index (χ3v) is 3.57. The van der Waals surface area contributed by atoms with Crippen molar-refractivity contribution in [3.8, 4) is 11.5 Å². The third kappa shape index (κ3) is 2.94. The monoisotopic (exact) mass is 324 g/mol. The SMILES string of the molecule is COc1ccc(NC(=O)c2cc3cccc(OC)c3oc2=N)cc1. The summed E-state index contributed by atoms with van der Waals surface area (Å²) in [5.41, 5.74) is 0.960. The number of hydrogen-bond donors (Lipinski definition) is 2. The van der Waals surface area contributed by atoms with Crippen LogP contribution in [-0.2, 0) is 0 Å². The fourth-order valence-electron chi connectivity index (χ4n) is 2.34. The van der Waals surface area contributed by atoms with E-state index in [1.165, 1.54) is 7.11 Å². The summed E-state index contributed by atoms with van der Waals surface area (Å²) in [6.45, 7) is 0. The topological polar surface area (TPSA) is 84.6 Å². The molecule has 0 spiro atoms. The molecule has 0 radical (unpaired) electrons. The molecular formula is C18H16N2O4. The normalized spacial score (nSPS) is 10.4. The first-order valence-corrected chi connectivity index (χ1v) is 7.23. The first-order chi connectivity index (χ1) is 11.6. The van der Waals surface area contributed by atoms with Crippen molar-refractivity contribution >= 4 is 22.6 Å². The Labute approximate surface area is 138 Å². The summed E-state index contributed by atoms with van der Waals surface area (Å²) in [6, 6.07) is 13.9. The van der Waals surface area contributed by atoms with Crippen molar-refractivity contribution in [1.82, 2.24) is 0 Å². The van der Waals surface area contributed by atoms with Crippen LogP contribution in [0.1, 0.15) is 10.4 Å². The first-order valence-electron chi connectivity index (χ1n) is 7.23. The van der Waals surface area contributed by atoms with Gasteiger partial charge in [-0.25, -0.2) is 0 Å². The predicted octanol–water partition coefficient (Wildman–Crippen LogP) is 3.18. The molecule has 1 heterocycles. The number of para-hydroxylation sites is 1. The molecule has 6 heteroatoms. The molecule has 0 saturated heterocycles. The Bertz CT molecular complexity index is 945. The predicted molar refractivity (Wildman–Crippen MR) is 89.6 cm³/mol. The molecule has 0 aliphatic heterocycles. The lowest BCUT2D eigenvalue weighted by molar-refractivity contribution is 0.102. The Morgan fingerprint density at radius 2 is 1.83 bits per heavy atom. The standard InChI is InChI=1S/C18H16N2O4/c1-22-13-8-6-12(7-9-13)20-18(21)14-10-11-4-3-5-15(23-2)16(11)24-17(14)19/h3-10,19H,1-2H3,(H,20,21). The number of benzene rings is 2. The summed E-state index contributed by atoms with van der Waals surface area (Å²) < 4.78 is 15.8. The largest absolute Gasteiger partial charge is 0.497 e. The summed E-state index contributed by atoms with van der Waals surface area (Å²) >= 11 is 0. The Hall–Kier alpha value is -3.28. The van der Waals surface area contributed by atoms with E-state index in [2.05, 4.69) is 5.32 Å². The smallest absolute Gasteiger partial charge is 0.261 e. The molecule has 122 valence electrons. The highest BCUT2D eigenvalue weighted by atomic mass is 16.5. The average molecular weight is 324 g/mol. The van der Waals surface area contributed by atoms with Crippen molar-refractivity contribution in [2.24, 2.45) is 0 Å². The van der Waals surface area contributed by atoms with Crippen LogP contribution in [0.4, 0.5) is 5.69 Å². The Kier molecular flexibility index (Phi) is 4.20. The molecule has 0 atom stereocenters. The molecule has 1 amide bonds. The van der Waals surface area contributed by atoms with Gasteiger partial charge in [-0.15, -0.1) is 0 Å². The maximum atomic E-state index is 12.4. The van der Waals surface area contributed by atoms with E-state index in [1.54, 1.807) is 55.6 Å². The van der Waals surface area contributed by atoms with Crippen molar-refractivity contribution < 1.29 is 18.7 Å². The second-order valence-corrected chi connectivity index (χ2v) is 5.05. The van der Waals surface area contributed by atoms with E-state index in [1.807, 2.05) is 0 Å². The van der Waals surface area contributed by atoms with E-state index in [-0.39, 0.29) is 11.1 Å². The highest BCUT2D eigenvalue weighted by Crippen LogP contribution is 2.24. The zero-order valence-corrected chi connectivity index (χ0v) is 13.3. The van der Waals surface area contributed by atoms with Gasteiger partial charge in [0.15, 0.2) is 11.3 Å². The van der Waals surface area contributed by atoms with E-state index >= 15 is 0 Å². The van der Waals surface area contributed by atoms with Crippen molar-refractivity contribution in [2.75, 3.05) is 19.5 Å². The van der Waals surface area contributed by atoms with Crippen molar-refractivity contribution in [3.05, 3.63) is 59.6 Å². The van der Waals surface area contributed by atoms with Crippen LogP contribution >= 0.6 is 0 Å². The highest BCUT2D eigenvalue weighted by molar-refractivity contribution is 6.05. The van der Waals surface area contributed by atoms with Crippen LogP contribution in [0.25, 0.3) is 11.0 Å². The maximum absolute atomic E-state index is 12.4. The van der Waals surface area contributed by atoms with Gasteiger partial charge in [-0.2, -0.15) is 0 Å². The molecule has 0 saturated carbocycles. The fraction of sp³-hybridized carbons (Fsp3) is 0.111. The molecule has 0 fully saturated rings. The summed E-state index contributed by atoms with van der Waals surface area (Å²) in [5.74, 6) is 0.795. The fourth-order valence-corrected chi connectivity index (χ4v) is 2.34. The second kappa shape index (κ2) is 6.45. The first kappa shape index (κ1) is 15.6. The molecular weight excluding hydrogens is 308 g/mol. The van der Waals surface area contributed by atoms with Gasteiger partial charge in [0.05, 0.1) is 14.2 Å². The Morgan fingerprint density at radius 3 is 2.50 bits per heavy atom. The van der Waals surface area contributed by atoms with Gasteiger partial charge in [-0.3, -0.25) is 10.2 Å². The number of amides is 1. The third-order valence-electron chi connectivity index (χ3n) is 3.57. The van der Waals surface area contributed by atoms with E-state index in [4.69, 9.17) is 19.3 Å². The molecule has 24 heavy (non-hydrogen) atoms. The number of carbonyl (C=O) groups is 1. The van der Waals surface area contributed by atoms with Crippen LogP contribution in [0.2, 0.25) is 0 Å². The number of methoxy groups -OCH3 is 2. The molecule has 1 aromatic heterocycles. The number of carbonyl (C=O) groups excluding carboxylic acids is 1. The van der Waals surface area contributed by atoms with Crippen LogP contribution in [0, 0.1) is 5.41 Å². The number of fused-ring (bicyclic) bond motifs is 1. The second-order valence-electron chi connectivity index (χ2n) is 5.05. The quantitative estimate of drug-likeness (QED) is 0.772. The van der Waals surface area contributed by atoms with Crippen LogP contribution in [0.5, 0.6) is 11.5 Å². The van der Waals surface area contributed by atoms with Crippen LogP contribution in [0.15, 0.2) is 52.9 Å². The number of nitrogens with one attached hydrogen (secondary N) is 2. The van der Waals surface area contributed by atoms with E-state index < -0.39 is 5.91 Å². The van der Waals surface area contributed by atoms with E-state index in [9.17, 15) is 4.79 Å². The number of rotatable bonds is 4. The van der Waals surface area contributed by atoms with Crippen molar-refractivity contribution in [3.63, 3.8) is 0 Å². The van der Waals surface area contributed by atoms with Crippen molar-refractivity contribution in [1.29, 1.82) is 5.41 Å². The van der Waals surface area contributed by atoms with Gasteiger partial charge in [0.25, 0.3) is 5.91 Å². The summed E-state index contributed by atoms with van der Waals surface area (Å²) in [7, 11) is 3.10. The lowest BCUT2D eigenvalue weighted by Crippen LogP contribution is -2.20. The van der Waals surface area contributed by atoms with Gasteiger partial charge in [-0.1, -0.05) is 12.1 Å². The molecule has 3 aromatic rings. The molecule has 3 rings (SSSR count). The number of ether oxygens (including phenoxy) is 2. The molecule has 0 aliphatic carbocycles. The van der Waals surface area contributed by atoms with Gasteiger partial charge in [0.1, 0.15) is 11.3 Å². The van der Waals surface area contributed by atoms with E-state index in [0.717, 1.165) is 0 Å². The Balaban J connectivity index is 1.94. The molecule has 0 bridgehead atoms. The average Bonchev–Trinajstić information content (AvgIpc) is 2.61. The highest BCUT2D eigenvalue weighted by Gasteiger charge is 2.14. The minimum atomic E-state index is -0.418. The molecule has 0 aliphatic rings. The van der Waals surface area contributed by atoms with Gasteiger partial charge >= 0.3 is 0 Å². The summed E-state index contributed by atoms with van der Waals surface area (Å²) in [6.07, 6.45) is 0. The minimum absolute atomic E-state index is 0.145. The van der Waals surface area contributed by atoms with Gasteiger partial charge in [-0.05, 0) is 36.4 Å².